The molecule has 86 valence electrons. The van der Waals surface area contributed by atoms with Crippen LogP contribution in [-0.4, -0.2) is 19.2 Å². The van der Waals surface area contributed by atoms with Gasteiger partial charge in [-0.15, -0.1) is 10.2 Å². The molecule has 0 N–H and O–H groups in total. The lowest BCUT2D eigenvalue weighted by Gasteiger charge is -2.07. The quantitative estimate of drug-likeness (QED) is 0.627. The van der Waals surface area contributed by atoms with Crippen molar-refractivity contribution in [3.63, 3.8) is 0 Å². The van der Waals surface area contributed by atoms with Crippen LogP contribution < -0.4 is 5.56 Å². The Hall–Kier alpha value is -2.17. The fraction of sp³-hybridized carbons (Fsp3) is 0.250. The summed E-state index contributed by atoms with van der Waals surface area (Å²) >= 11 is 0. The number of para-hydroxylation sites is 2. The second kappa shape index (κ2) is 3.41. The van der Waals surface area contributed by atoms with E-state index in [-0.39, 0.29) is 5.56 Å². The summed E-state index contributed by atoms with van der Waals surface area (Å²) in [5, 5.41) is 8.05. The van der Waals surface area contributed by atoms with E-state index in [2.05, 4.69) is 10.2 Å². The van der Waals surface area contributed by atoms with Crippen molar-refractivity contribution in [1.82, 2.24) is 19.2 Å². The fourth-order valence-electron chi connectivity index (χ4n) is 2.13. The summed E-state index contributed by atoms with van der Waals surface area (Å²) in [7, 11) is 1.75. The van der Waals surface area contributed by atoms with Gasteiger partial charge in [-0.25, -0.2) is 0 Å². The molecule has 0 saturated carbocycles. The second-order valence-electron chi connectivity index (χ2n) is 3.98. The molecule has 0 aliphatic heterocycles. The average Bonchev–Trinajstić information content (AvgIpc) is 2.80. The zero-order valence-electron chi connectivity index (χ0n) is 9.71. The van der Waals surface area contributed by atoms with E-state index < -0.39 is 0 Å². The molecular formula is C12H12N4O. The van der Waals surface area contributed by atoms with Crippen molar-refractivity contribution in [3.05, 3.63) is 40.4 Å². The summed E-state index contributed by atoms with van der Waals surface area (Å²) in [5.41, 5.74) is 2.13. The molecule has 1 aromatic carbocycles. The maximum atomic E-state index is 12.1. The third-order valence-electron chi connectivity index (χ3n) is 3.03. The molecule has 3 rings (SSSR count). The number of fused-ring (bicyclic) bond motifs is 3. The molecule has 17 heavy (non-hydrogen) atoms. The molecule has 0 spiro atoms. The van der Waals surface area contributed by atoms with E-state index in [1.807, 2.05) is 35.6 Å². The standard InChI is InChI=1S/C12H12N4O/c1-3-10-13-14-11-12(17)15(2)8-6-4-5-7-9(8)16(10)11/h4-7H,3H2,1-2H3. The van der Waals surface area contributed by atoms with Crippen molar-refractivity contribution in [1.29, 1.82) is 0 Å². The summed E-state index contributed by atoms with van der Waals surface area (Å²) < 4.78 is 3.45. The van der Waals surface area contributed by atoms with Crippen LogP contribution in [0.1, 0.15) is 12.7 Å². The molecule has 0 atom stereocenters. The van der Waals surface area contributed by atoms with E-state index in [1.165, 1.54) is 0 Å². The normalized spacial score (nSPS) is 11.4. The van der Waals surface area contributed by atoms with E-state index >= 15 is 0 Å². The summed E-state index contributed by atoms with van der Waals surface area (Å²) in [6.45, 7) is 2.00. The Balaban J connectivity index is 2.69. The number of rotatable bonds is 1. The first-order valence-corrected chi connectivity index (χ1v) is 5.55. The van der Waals surface area contributed by atoms with E-state index in [0.717, 1.165) is 23.3 Å². The molecule has 0 fully saturated rings. The summed E-state index contributed by atoms with van der Waals surface area (Å²) in [6, 6.07) is 7.77. The highest BCUT2D eigenvalue weighted by Crippen LogP contribution is 2.14. The van der Waals surface area contributed by atoms with E-state index in [0.29, 0.717) is 5.65 Å². The van der Waals surface area contributed by atoms with Gasteiger partial charge in [0, 0.05) is 13.5 Å². The van der Waals surface area contributed by atoms with Crippen molar-refractivity contribution in [2.45, 2.75) is 13.3 Å². The summed E-state index contributed by atoms with van der Waals surface area (Å²) in [5.74, 6) is 0.814. The molecule has 2 aromatic heterocycles. The molecule has 0 aliphatic rings. The van der Waals surface area contributed by atoms with E-state index in [9.17, 15) is 4.79 Å². The van der Waals surface area contributed by atoms with Gasteiger partial charge in [-0.1, -0.05) is 19.1 Å². The number of aryl methyl sites for hydroxylation is 2. The van der Waals surface area contributed by atoms with Gasteiger partial charge in [-0.3, -0.25) is 9.20 Å². The number of hydrogen-bond donors (Lipinski definition) is 0. The first kappa shape index (κ1) is 10.0. The predicted octanol–water partition coefficient (Wildman–Crippen LogP) is 1.14. The Morgan fingerprint density at radius 3 is 2.59 bits per heavy atom. The monoisotopic (exact) mass is 228 g/mol. The van der Waals surface area contributed by atoms with Gasteiger partial charge in [0.05, 0.1) is 11.0 Å². The van der Waals surface area contributed by atoms with Gasteiger partial charge < -0.3 is 4.57 Å². The van der Waals surface area contributed by atoms with Crippen molar-refractivity contribution in [2.24, 2.45) is 7.05 Å². The second-order valence-corrected chi connectivity index (χ2v) is 3.98. The molecular weight excluding hydrogens is 216 g/mol. The van der Waals surface area contributed by atoms with Crippen molar-refractivity contribution in [2.75, 3.05) is 0 Å². The van der Waals surface area contributed by atoms with Gasteiger partial charge in [0.15, 0.2) is 0 Å². The van der Waals surface area contributed by atoms with Crippen LogP contribution in [0.15, 0.2) is 29.1 Å². The van der Waals surface area contributed by atoms with Crippen LogP contribution in [0.2, 0.25) is 0 Å². The molecule has 2 heterocycles. The van der Waals surface area contributed by atoms with Crippen LogP contribution in [0, 0.1) is 0 Å². The van der Waals surface area contributed by atoms with E-state index in [4.69, 9.17) is 0 Å². The van der Waals surface area contributed by atoms with Crippen LogP contribution in [0.5, 0.6) is 0 Å². The average molecular weight is 228 g/mol. The van der Waals surface area contributed by atoms with Crippen LogP contribution in [0.4, 0.5) is 0 Å². The minimum absolute atomic E-state index is 0.115. The lowest BCUT2D eigenvalue weighted by atomic mass is 10.3. The molecule has 0 unspecified atom stereocenters. The molecule has 0 amide bonds. The number of aromatic nitrogens is 4. The maximum Gasteiger partial charge on any atom is 0.296 e. The smallest absolute Gasteiger partial charge is 0.296 e. The van der Waals surface area contributed by atoms with Gasteiger partial charge in [0.25, 0.3) is 5.56 Å². The summed E-state index contributed by atoms with van der Waals surface area (Å²) in [4.78, 5) is 12.1. The molecule has 5 nitrogen and oxygen atoms in total. The molecule has 0 bridgehead atoms. The highest BCUT2D eigenvalue weighted by atomic mass is 16.1. The Kier molecular flexibility index (Phi) is 2.01. The number of hydrogen-bond acceptors (Lipinski definition) is 3. The lowest BCUT2D eigenvalue weighted by Crippen LogP contribution is -2.20. The Bertz CT molecular complexity index is 769. The number of benzene rings is 1. The first-order valence-electron chi connectivity index (χ1n) is 5.55. The Morgan fingerprint density at radius 1 is 1.18 bits per heavy atom. The van der Waals surface area contributed by atoms with Crippen molar-refractivity contribution < 1.29 is 0 Å². The van der Waals surface area contributed by atoms with Crippen molar-refractivity contribution >= 4 is 16.7 Å². The number of nitrogens with zero attached hydrogens (tertiary/aromatic N) is 4. The fourth-order valence-corrected chi connectivity index (χ4v) is 2.13. The topological polar surface area (TPSA) is 52.2 Å². The molecule has 5 heteroatoms. The Labute approximate surface area is 97.3 Å². The van der Waals surface area contributed by atoms with Gasteiger partial charge in [0.1, 0.15) is 5.82 Å². The van der Waals surface area contributed by atoms with Crippen LogP contribution >= 0.6 is 0 Å². The van der Waals surface area contributed by atoms with Gasteiger partial charge >= 0.3 is 0 Å². The van der Waals surface area contributed by atoms with E-state index in [1.54, 1.807) is 11.6 Å². The lowest BCUT2D eigenvalue weighted by molar-refractivity contribution is 0.884. The zero-order valence-corrected chi connectivity index (χ0v) is 9.71. The highest BCUT2D eigenvalue weighted by molar-refractivity contribution is 5.78. The van der Waals surface area contributed by atoms with Gasteiger partial charge in [0.2, 0.25) is 5.65 Å². The Morgan fingerprint density at radius 2 is 1.88 bits per heavy atom. The van der Waals surface area contributed by atoms with Crippen LogP contribution in [0.25, 0.3) is 16.7 Å². The molecule has 0 saturated heterocycles. The SMILES string of the molecule is CCc1nnc2c(=O)n(C)c3ccccc3n12. The minimum atomic E-state index is -0.115. The first-order chi connectivity index (χ1) is 8.24. The largest absolute Gasteiger partial charge is 0.307 e. The van der Waals surface area contributed by atoms with Crippen LogP contribution in [-0.2, 0) is 13.5 Å². The van der Waals surface area contributed by atoms with Crippen molar-refractivity contribution in [3.8, 4) is 0 Å². The minimum Gasteiger partial charge on any atom is -0.307 e. The molecule has 0 radical (unpaired) electrons. The van der Waals surface area contributed by atoms with Crippen LogP contribution in [0.3, 0.4) is 0 Å². The highest BCUT2D eigenvalue weighted by Gasteiger charge is 2.12. The third kappa shape index (κ3) is 1.22. The maximum absolute atomic E-state index is 12.1. The zero-order chi connectivity index (χ0) is 12.0. The molecule has 0 aliphatic carbocycles. The van der Waals surface area contributed by atoms with Gasteiger partial charge in [-0.05, 0) is 12.1 Å². The summed E-state index contributed by atoms with van der Waals surface area (Å²) in [6.07, 6.45) is 0.748. The predicted molar refractivity (Wildman–Crippen MR) is 65.1 cm³/mol. The van der Waals surface area contributed by atoms with Gasteiger partial charge in [-0.2, -0.15) is 0 Å². The molecule has 3 aromatic rings. The third-order valence-corrected chi connectivity index (χ3v) is 3.03.